The molecular formula is C25H24N2O3. The monoisotopic (exact) mass is 400 g/mol. The van der Waals surface area contributed by atoms with Crippen molar-refractivity contribution in [2.75, 3.05) is 11.9 Å². The molecule has 0 aliphatic rings. The van der Waals surface area contributed by atoms with E-state index in [1.165, 1.54) is 0 Å². The summed E-state index contributed by atoms with van der Waals surface area (Å²) in [6.45, 7) is 7.92. The highest BCUT2D eigenvalue weighted by Crippen LogP contribution is 2.32. The van der Waals surface area contributed by atoms with Crippen LogP contribution < -0.4 is 10.1 Å². The number of ether oxygens (including phenoxy) is 1. The standard InChI is InChI=1S/C25H24N2O3/c1-15-7-5-8-19(12-15)29-14-23(28)26-21-10-6-9-20(18(21)4)25-27-22-13-16(2)11-17(3)24(22)30-25/h5-13H,14H2,1-4H3,(H,26,28). The van der Waals surface area contributed by atoms with E-state index in [1.54, 1.807) is 0 Å². The number of benzene rings is 3. The van der Waals surface area contributed by atoms with E-state index in [4.69, 9.17) is 9.15 Å². The van der Waals surface area contributed by atoms with Crippen LogP contribution in [0, 0.1) is 27.7 Å². The zero-order valence-electron chi connectivity index (χ0n) is 17.6. The fourth-order valence-corrected chi connectivity index (χ4v) is 3.53. The van der Waals surface area contributed by atoms with Crippen molar-refractivity contribution in [1.29, 1.82) is 0 Å². The molecule has 0 saturated carbocycles. The minimum absolute atomic E-state index is 0.0610. The molecule has 5 heteroatoms. The van der Waals surface area contributed by atoms with Gasteiger partial charge in [-0.15, -0.1) is 0 Å². The minimum atomic E-state index is -0.221. The van der Waals surface area contributed by atoms with Gasteiger partial charge in [-0.3, -0.25) is 4.79 Å². The summed E-state index contributed by atoms with van der Waals surface area (Å²) in [4.78, 5) is 17.1. The number of anilines is 1. The molecule has 0 bridgehead atoms. The van der Waals surface area contributed by atoms with Crippen LogP contribution >= 0.6 is 0 Å². The Bertz CT molecular complexity index is 1240. The largest absolute Gasteiger partial charge is 0.484 e. The summed E-state index contributed by atoms with van der Waals surface area (Å²) >= 11 is 0. The molecule has 1 amide bonds. The van der Waals surface area contributed by atoms with Gasteiger partial charge in [0.1, 0.15) is 11.3 Å². The highest BCUT2D eigenvalue weighted by Gasteiger charge is 2.15. The SMILES string of the molecule is Cc1cccc(OCC(=O)Nc2cccc(-c3nc4cc(C)cc(C)c4o3)c2C)c1. The van der Waals surface area contributed by atoms with Crippen molar-refractivity contribution in [3.8, 4) is 17.2 Å². The van der Waals surface area contributed by atoms with E-state index >= 15 is 0 Å². The van der Waals surface area contributed by atoms with Gasteiger partial charge < -0.3 is 14.5 Å². The van der Waals surface area contributed by atoms with Crippen molar-refractivity contribution < 1.29 is 13.9 Å². The van der Waals surface area contributed by atoms with E-state index < -0.39 is 0 Å². The Balaban J connectivity index is 1.54. The van der Waals surface area contributed by atoms with E-state index in [2.05, 4.69) is 16.4 Å². The molecular weight excluding hydrogens is 376 g/mol. The van der Waals surface area contributed by atoms with Crippen LogP contribution in [0.5, 0.6) is 5.75 Å². The molecule has 1 N–H and O–H groups in total. The van der Waals surface area contributed by atoms with Crippen molar-refractivity contribution in [3.05, 3.63) is 76.9 Å². The molecule has 0 aliphatic carbocycles. The first-order valence-corrected chi connectivity index (χ1v) is 9.88. The average molecular weight is 400 g/mol. The number of oxazole rings is 1. The first kappa shape index (κ1) is 19.7. The molecule has 4 rings (SSSR count). The van der Waals surface area contributed by atoms with Crippen molar-refractivity contribution in [1.82, 2.24) is 4.98 Å². The number of carbonyl (C=O) groups is 1. The number of hydrogen-bond acceptors (Lipinski definition) is 4. The van der Waals surface area contributed by atoms with Gasteiger partial charge in [-0.05, 0) is 80.3 Å². The van der Waals surface area contributed by atoms with Crippen LogP contribution in [0.1, 0.15) is 22.3 Å². The number of aryl methyl sites for hydroxylation is 3. The maximum Gasteiger partial charge on any atom is 0.262 e. The molecule has 4 aromatic rings. The first-order chi connectivity index (χ1) is 14.4. The predicted molar refractivity (Wildman–Crippen MR) is 119 cm³/mol. The Hall–Kier alpha value is -3.60. The highest BCUT2D eigenvalue weighted by molar-refractivity contribution is 5.93. The van der Waals surface area contributed by atoms with Gasteiger partial charge in [-0.2, -0.15) is 0 Å². The summed E-state index contributed by atoms with van der Waals surface area (Å²) in [5.41, 5.74) is 7.35. The molecule has 0 fully saturated rings. The molecule has 0 aliphatic heterocycles. The van der Waals surface area contributed by atoms with Crippen molar-refractivity contribution >= 4 is 22.7 Å². The number of carbonyl (C=O) groups excluding carboxylic acids is 1. The molecule has 0 unspecified atom stereocenters. The maximum atomic E-state index is 12.4. The number of hydrogen-bond donors (Lipinski definition) is 1. The lowest BCUT2D eigenvalue weighted by atomic mass is 10.1. The summed E-state index contributed by atoms with van der Waals surface area (Å²) in [5.74, 6) is 0.997. The van der Waals surface area contributed by atoms with Crippen LogP contribution in [0.3, 0.4) is 0 Å². The van der Waals surface area contributed by atoms with Crippen LogP contribution in [-0.4, -0.2) is 17.5 Å². The predicted octanol–water partition coefficient (Wildman–Crippen LogP) is 5.75. The third kappa shape index (κ3) is 4.06. The zero-order valence-corrected chi connectivity index (χ0v) is 17.6. The number of rotatable bonds is 5. The molecule has 0 spiro atoms. The molecule has 5 nitrogen and oxygen atoms in total. The van der Waals surface area contributed by atoms with E-state index in [0.29, 0.717) is 17.3 Å². The van der Waals surface area contributed by atoms with Gasteiger partial charge in [0.2, 0.25) is 5.89 Å². The second kappa shape index (κ2) is 8.03. The second-order valence-corrected chi connectivity index (χ2v) is 7.58. The van der Waals surface area contributed by atoms with Crippen LogP contribution in [-0.2, 0) is 4.79 Å². The molecule has 0 atom stereocenters. The Labute approximate surface area is 175 Å². The maximum absolute atomic E-state index is 12.4. The van der Waals surface area contributed by atoms with Crippen molar-refractivity contribution in [3.63, 3.8) is 0 Å². The molecule has 0 saturated heterocycles. The fraction of sp³-hybridized carbons (Fsp3) is 0.200. The fourth-order valence-electron chi connectivity index (χ4n) is 3.53. The summed E-state index contributed by atoms with van der Waals surface area (Å²) < 4.78 is 11.6. The van der Waals surface area contributed by atoms with E-state index in [9.17, 15) is 4.79 Å². The molecule has 0 radical (unpaired) electrons. The van der Waals surface area contributed by atoms with Crippen LogP contribution in [0.25, 0.3) is 22.6 Å². The lowest BCUT2D eigenvalue weighted by Crippen LogP contribution is -2.20. The third-order valence-corrected chi connectivity index (χ3v) is 5.02. The quantitative estimate of drug-likeness (QED) is 0.463. The van der Waals surface area contributed by atoms with E-state index in [0.717, 1.165) is 38.9 Å². The third-order valence-electron chi connectivity index (χ3n) is 5.02. The number of fused-ring (bicyclic) bond motifs is 1. The molecule has 152 valence electrons. The lowest BCUT2D eigenvalue weighted by molar-refractivity contribution is -0.118. The van der Waals surface area contributed by atoms with Gasteiger partial charge >= 0.3 is 0 Å². The van der Waals surface area contributed by atoms with Gasteiger partial charge in [-0.25, -0.2) is 4.98 Å². The van der Waals surface area contributed by atoms with Gasteiger partial charge in [-0.1, -0.05) is 24.3 Å². The average Bonchev–Trinajstić information content (AvgIpc) is 3.12. The first-order valence-electron chi connectivity index (χ1n) is 9.88. The molecule has 1 aromatic heterocycles. The number of aromatic nitrogens is 1. The number of nitrogens with zero attached hydrogens (tertiary/aromatic N) is 1. The Morgan fingerprint density at radius 1 is 1.00 bits per heavy atom. The second-order valence-electron chi connectivity index (χ2n) is 7.58. The van der Waals surface area contributed by atoms with E-state index in [1.807, 2.05) is 76.2 Å². The molecule has 3 aromatic carbocycles. The van der Waals surface area contributed by atoms with Crippen LogP contribution in [0.2, 0.25) is 0 Å². The zero-order chi connectivity index (χ0) is 21.3. The number of amides is 1. The summed E-state index contributed by atoms with van der Waals surface area (Å²) in [6, 6.07) is 17.4. The minimum Gasteiger partial charge on any atom is -0.484 e. The Kier molecular flexibility index (Phi) is 5.27. The topological polar surface area (TPSA) is 64.4 Å². The summed E-state index contributed by atoms with van der Waals surface area (Å²) in [5, 5.41) is 2.93. The smallest absolute Gasteiger partial charge is 0.262 e. The van der Waals surface area contributed by atoms with Gasteiger partial charge in [0.05, 0.1) is 0 Å². The van der Waals surface area contributed by atoms with Gasteiger partial charge in [0.15, 0.2) is 12.2 Å². The van der Waals surface area contributed by atoms with Gasteiger partial charge in [0, 0.05) is 11.3 Å². The highest BCUT2D eigenvalue weighted by atomic mass is 16.5. The lowest BCUT2D eigenvalue weighted by Gasteiger charge is -2.12. The van der Waals surface area contributed by atoms with Gasteiger partial charge in [0.25, 0.3) is 5.91 Å². The molecule has 1 heterocycles. The summed E-state index contributed by atoms with van der Waals surface area (Å²) in [7, 11) is 0. The number of nitrogens with one attached hydrogen (secondary N) is 1. The van der Waals surface area contributed by atoms with Crippen molar-refractivity contribution in [2.24, 2.45) is 0 Å². The Morgan fingerprint density at radius 2 is 1.80 bits per heavy atom. The normalized spacial score (nSPS) is 10.9. The Morgan fingerprint density at radius 3 is 2.60 bits per heavy atom. The van der Waals surface area contributed by atoms with E-state index in [-0.39, 0.29) is 12.5 Å². The van der Waals surface area contributed by atoms with Crippen LogP contribution in [0.15, 0.2) is 59.0 Å². The van der Waals surface area contributed by atoms with Crippen molar-refractivity contribution in [2.45, 2.75) is 27.7 Å². The van der Waals surface area contributed by atoms with Crippen LogP contribution in [0.4, 0.5) is 5.69 Å². The summed E-state index contributed by atoms with van der Waals surface area (Å²) in [6.07, 6.45) is 0. The molecule has 30 heavy (non-hydrogen) atoms.